The molecule has 0 aliphatic rings. The highest BCUT2D eigenvalue weighted by atomic mass is 79.9. The Kier molecular flexibility index (Phi) is 9.36. The second-order valence-corrected chi connectivity index (χ2v) is 7.88. The van der Waals surface area contributed by atoms with E-state index in [2.05, 4.69) is 55.0 Å². The Hall–Kier alpha value is -2.17. The predicted molar refractivity (Wildman–Crippen MR) is 121 cm³/mol. The molecule has 0 saturated heterocycles. The van der Waals surface area contributed by atoms with Crippen LogP contribution in [0.2, 0.25) is 0 Å². The quantitative estimate of drug-likeness (QED) is 0.366. The number of hydrogen-bond acceptors (Lipinski definition) is 5. The van der Waals surface area contributed by atoms with Gasteiger partial charge in [0.1, 0.15) is 11.5 Å². The first kappa shape index (κ1) is 23.1. The molecule has 0 fully saturated rings. The molecule has 0 heterocycles. The Labute approximate surface area is 190 Å². The van der Waals surface area contributed by atoms with Crippen LogP contribution in [0.1, 0.15) is 12.5 Å². The lowest BCUT2D eigenvalue weighted by atomic mass is 10.2. The van der Waals surface area contributed by atoms with E-state index in [4.69, 9.17) is 21.7 Å². The molecule has 0 radical (unpaired) electrons. The van der Waals surface area contributed by atoms with Gasteiger partial charge in [-0.1, -0.05) is 28.9 Å². The number of nitrogens with one attached hydrogen (secondary N) is 3. The van der Waals surface area contributed by atoms with E-state index in [0.29, 0.717) is 11.5 Å². The topological polar surface area (TPSA) is 88.7 Å². The summed E-state index contributed by atoms with van der Waals surface area (Å²) in [6.07, 6.45) is 0.903. The van der Waals surface area contributed by atoms with Crippen molar-refractivity contribution in [3.63, 3.8) is 0 Å². The molecular formula is C19H19Br2N3O4S. The lowest BCUT2D eigenvalue weighted by Crippen LogP contribution is -2.50. The summed E-state index contributed by atoms with van der Waals surface area (Å²) in [6.45, 7) is 1.61. The van der Waals surface area contributed by atoms with Crippen LogP contribution in [0.5, 0.6) is 11.5 Å². The van der Waals surface area contributed by atoms with Crippen LogP contribution in [0, 0.1) is 0 Å². The van der Waals surface area contributed by atoms with Crippen molar-refractivity contribution in [2.24, 2.45) is 0 Å². The summed E-state index contributed by atoms with van der Waals surface area (Å²) < 4.78 is 12.5. The third-order valence-corrected chi connectivity index (χ3v) is 4.87. The van der Waals surface area contributed by atoms with E-state index in [1.807, 2.05) is 12.1 Å². The standard InChI is InChI=1S/C19H19Br2N3O4S/c1-2-12-3-8-16(15(21)9-12)28-11-18(26)23-24-19(29)22-17(25)10-27-14-6-4-13(20)5-7-14/h3-9H,2,10-11H2,1H3,(H,23,26)(H2,22,24,25,29). The molecule has 0 bridgehead atoms. The van der Waals surface area contributed by atoms with Crippen molar-refractivity contribution in [1.29, 1.82) is 0 Å². The molecule has 3 N–H and O–H groups in total. The Balaban J connectivity index is 1.66. The van der Waals surface area contributed by atoms with Crippen LogP contribution in [-0.2, 0) is 16.0 Å². The molecule has 0 spiro atoms. The summed E-state index contributed by atoms with van der Waals surface area (Å²) in [5, 5.41) is 2.34. The van der Waals surface area contributed by atoms with E-state index >= 15 is 0 Å². The van der Waals surface area contributed by atoms with Gasteiger partial charge in [0.25, 0.3) is 11.8 Å². The molecule has 29 heavy (non-hydrogen) atoms. The molecule has 0 aliphatic heterocycles. The number of hydrogen-bond donors (Lipinski definition) is 3. The van der Waals surface area contributed by atoms with Crippen LogP contribution in [0.4, 0.5) is 0 Å². The SMILES string of the molecule is CCc1ccc(OCC(=O)NNC(=S)NC(=O)COc2ccc(Br)cc2)c(Br)c1. The zero-order valence-electron chi connectivity index (χ0n) is 15.5. The fourth-order valence-electron chi connectivity index (χ4n) is 2.06. The number of carbonyl (C=O) groups is 2. The van der Waals surface area contributed by atoms with Gasteiger partial charge in [0.15, 0.2) is 18.3 Å². The van der Waals surface area contributed by atoms with Crippen LogP contribution in [0.25, 0.3) is 0 Å². The summed E-state index contributed by atoms with van der Waals surface area (Å²) in [6, 6.07) is 12.7. The normalized spacial score (nSPS) is 10.0. The fourth-order valence-corrected chi connectivity index (χ4v) is 3.03. The first-order valence-electron chi connectivity index (χ1n) is 8.55. The maximum atomic E-state index is 11.9. The summed E-state index contributed by atoms with van der Waals surface area (Å²) in [4.78, 5) is 23.7. The largest absolute Gasteiger partial charge is 0.484 e. The number of benzene rings is 2. The molecule has 0 aromatic heterocycles. The fraction of sp³-hybridized carbons (Fsp3) is 0.211. The van der Waals surface area contributed by atoms with E-state index in [-0.39, 0.29) is 18.3 Å². The second kappa shape index (κ2) is 11.7. The van der Waals surface area contributed by atoms with Gasteiger partial charge in [-0.25, -0.2) is 0 Å². The molecule has 0 unspecified atom stereocenters. The van der Waals surface area contributed by atoms with Crippen molar-refractivity contribution < 1.29 is 19.1 Å². The number of halogens is 2. The molecule has 2 rings (SSSR count). The van der Waals surface area contributed by atoms with Gasteiger partial charge in [0.05, 0.1) is 4.47 Å². The maximum Gasteiger partial charge on any atom is 0.276 e. The number of aryl methyl sites for hydroxylation is 1. The molecule has 2 amide bonds. The van der Waals surface area contributed by atoms with Gasteiger partial charge in [-0.15, -0.1) is 0 Å². The summed E-state index contributed by atoms with van der Waals surface area (Å²) in [5.74, 6) is 0.180. The summed E-state index contributed by atoms with van der Waals surface area (Å²) in [7, 11) is 0. The average Bonchev–Trinajstić information content (AvgIpc) is 2.70. The first-order valence-corrected chi connectivity index (χ1v) is 10.5. The van der Waals surface area contributed by atoms with Crippen LogP contribution < -0.4 is 25.6 Å². The van der Waals surface area contributed by atoms with Crippen LogP contribution in [0.15, 0.2) is 51.4 Å². The van der Waals surface area contributed by atoms with Gasteiger partial charge in [0.2, 0.25) is 0 Å². The first-order chi connectivity index (χ1) is 13.9. The monoisotopic (exact) mass is 543 g/mol. The van der Waals surface area contributed by atoms with E-state index in [0.717, 1.165) is 20.9 Å². The second-order valence-electron chi connectivity index (χ2n) is 5.70. The minimum Gasteiger partial charge on any atom is -0.484 e. The Morgan fingerprint density at radius 1 is 0.966 bits per heavy atom. The van der Waals surface area contributed by atoms with E-state index in [1.54, 1.807) is 30.3 Å². The third kappa shape index (κ3) is 8.38. The average molecular weight is 545 g/mol. The summed E-state index contributed by atoms with van der Waals surface area (Å²) >= 11 is 11.7. The molecular weight excluding hydrogens is 526 g/mol. The molecule has 10 heteroatoms. The van der Waals surface area contributed by atoms with E-state index < -0.39 is 11.8 Å². The Bertz CT molecular complexity index is 878. The van der Waals surface area contributed by atoms with Gasteiger partial charge in [-0.05, 0) is 76.5 Å². The number of carbonyl (C=O) groups excluding carboxylic acids is 2. The lowest BCUT2D eigenvalue weighted by Gasteiger charge is -2.12. The van der Waals surface area contributed by atoms with E-state index in [1.165, 1.54) is 0 Å². The highest BCUT2D eigenvalue weighted by molar-refractivity contribution is 9.10. The van der Waals surface area contributed by atoms with Crippen molar-refractivity contribution in [1.82, 2.24) is 16.2 Å². The van der Waals surface area contributed by atoms with Crippen molar-refractivity contribution >= 4 is 61.0 Å². The number of thiocarbonyl (C=S) groups is 1. The van der Waals surface area contributed by atoms with Crippen LogP contribution in [0.3, 0.4) is 0 Å². The molecule has 7 nitrogen and oxygen atoms in total. The van der Waals surface area contributed by atoms with Crippen molar-refractivity contribution in [3.8, 4) is 11.5 Å². The number of ether oxygens (including phenoxy) is 2. The molecule has 0 saturated carbocycles. The molecule has 2 aromatic carbocycles. The number of amides is 2. The van der Waals surface area contributed by atoms with Crippen molar-refractivity contribution in [2.75, 3.05) is 13.2 Å². The molecule has 0 aliphatic carbocycles. The molecule has 0 atom stereocenters. The minimum absolute atomic E-state index is 0.0590. The minimum atomic E-state index is -0.462. The van der Waals surface area contributed by atoms with Gasteiger partial charge >= 0.3 is 0 Å². The third-order valence-electron chi connectivity index (χ3n) is 3.52. The Morgan fingerprint density at radius 3 is 2.31 bits per heavy atom. The van der Waals surface area contributed by atoms with E-state index in [9.17, 15) is 9.59 Å². The Morgan fingerprint density at radius 2 is 1.66 bits per heavy atom. The summed E-state index contributed by atoms with van der Waals surface area (Å²) in [5.41, 5.74) is 5.94. The van der Waals surface area contributed by atoms with Gasteiger partial charge in [-0.3, -0.25) is 25.8 Å². The number of hydrazine groups is 1. The number of rotatable bonds is 7. The highest BCUT2D eigenvalue weighted by Gasteiger charge is 2.09. The lowest BCUT2D eigenvalue weighted by molar-refractivity contribution is -0.124. The predicted octanol–water partition coefficient (Wildman–Crippen LogP) is 3.25. The smallest absolute Gasteiger partial charge is 0.276 e. The van der Waals surface area contributed by atoms with Gasteiger partial charge in [0, 0.05) is 4.47 Å². The van der Waals surface area contributed by atoms with Crippen molar-refractivity contribution in [2.45, 2.75) is 13.3 Å². The highest BCUT2D eigenvalue weighted by Crippen LogP contribution is 2.26. The maximum absolute atomic E-state index is 11.9. The van der Waals surface area contributed by atoms with Crippen molar-refractivity contribution in [3.05, 3.63) is 57.0 Å². The van der Waals surface area contributed by atoms with Crippen LogP contribution >= 0.6 is 44.1 Å². The van der Waals surface area contributed by atoms with Gasteiger partial charge in [-0.2, -0.15) is 0 Å². The van der Waals surface area contributed by atoms with Crippen LogP contribution in [-0.4, -0.2) is 30.1 Å². The van der Waals surface area contributed by atoms with Gasteiger partial charge < -0.3 is 9.47 Å². The molecule has 154 valence electrons. The molecule has 2 aromatic rings. The zero-order chi connectivity index (χ0) is 21.2. The zero-order valence-corrected chi connectivity index (χ0v) is 19.4.